The Hall–Kier alpha value is -1.25. The van der Waals surface area contributed by atoms with Crippen LogP contribution in [0.4, 0.5) is 22.0 Å². The number of nitrogens with two attached hydrogens (primary N) is 1. The number of aryl methyl sites for hydroxylation is 1. The lowest BCUT2D eigenvalue weighted by molar-refractivity contribution is -0.167. The molecule has 0 saturated carbocycles. The predicted molar refractivity (Wildman–Crippen MR) is 67.7 cm³/mol. The Morgan fingerprint density at radius 1 is 1.33 bits per heavy atom. The smallest absolute Gasteiger partial charge is 0.330 e. The van der Waals surface area contributed by atoms with Crippen LogP contribution in [-0.4, -0.2) is 31.6 Å². The van der Waals surface area contributed by atoms with Gasteiger partial charge in [0.05, 0.1) is 6.61 Å². The Morgan fingerprint density at radius 2 is 2.00 bits per heavy atom. The third-order valence-corrected chi connectivity index (χ3v) is 2.94. The third-order valence-electron chi connectivity index (χ3n) is 2.94. The van der Waals surface area contributed by atoms with Crippen LogP contribution in [0.5, 0.6) is 0 Å². The Kier molecular flexibility index (Phi) is 6.50. The minimum atomic E-state index is -4.19. The summed E-state index contributed by atoms with van der Waals surface area (Å²) < 4.78 is 66.8. The molecule has 0 aliphatic rings. The first-order valence-corrected chi connectivity index (χ1v) is 6.21. The maximum Gasteiger partial charge on any atom is 0.330 e. The van der Waals surface area contributed by atoms with E-state index in [1.807, 2.05) is 0 Å². The van der Waals surface area contributed by atoms with Gasteiger partial charge < -0.3 is 4.74 Å². The van der Waals surface area contributed by atoms with Gasteiger partial charge in [0, 0.05) is 6.04 Å². The molecule has 1 rings (SSSR count). The molecular weight excluding hydrogens is 295 g/mol. The van der Waals surface area contributed by atoms with E-state index in [1.165, 1.54) is 12.1 Å². The van der Waals surface area contributed by atoms with E-state index in [1.54, 1.807) is 13.0 Å². The summed E-state index contributed by atoms with van der Waals surface area (Å²) in [6.07, 6.45) is -3.48. The number of halogens is 5. The molecule has 0 fully saturated rings. The summed E-state index contributed by atoms with van der Waals surface area (Å²) in [5.41, 5.74) is 3.78. The molecule has 8 heteroatoms. The summed E-state index contributed by atoms with van der Waals surface area (Å²) in [5.74, 6) is 0.693. The molecule has 3 nitrogen and oxygen atoms in total. The van der Waals surface area contributed by atoms with Crippen molar-refractivity contribution in [3.63, 3.8) is 0 Å². The monoisotopic (exact) mass is 312 g/mol. The number of ether oxygens (including phenoxy) is 1. The van der Waals surface area contributed by atoms with E-state index in [0.717, 1.165) is 5.56 Å². The van der Waals surface area contributed by atoms with Gasteiger partial charge in [-0.05, 0) is 36.6 Å². The normalized spacial score (nSPS) is 13.7. The summed E-state index contributed by atoms with van der Waals surface area (Å²) in [6, 6.07) is 3.58. The quantitative estimate of drug-likeness (QED) is 0.440. The first kappa shape index (κ1) is 17.8. The number of rotatable bonds is 8. The molecule has 0 heterocycles. The Balaban J connectivity index is 2.52. The molecule has 0 aliphatic heterocycles. The zero-order valence-electron chi connectivity index (χ0n) is 11.4. The molecule has 1 aromatic carbocycles. The molecule has 3 N–H and O–H groups in total. The van der Waals surface area contributed by atoms with Gasteiger partial charge >= 0.3 is 12.3 Å². The molecule has 1 unspecified atom stereocenters. The first-order valence-electron chi connectivity index (χ1n) is 6.21. The fourth-order valence-electron chi connectivity index (χ4n) is 1.72. The van der Waals surface area contributed by atoms with E-state index in [4.69, 9.17) is 5.84 Å². The zero-order chi connectivity index (χ0) is 16.0. The van der Waals surface area contributed by atoms with Crippen molar-refractivity contribution < 1.29 is 26.7 Å². The highest BCUT2D eigenvalue weighted by molar-refractivity contribution is 5.27. The zero-order valence-corrected chi connectivity index (χ0v) is 11.4. The van der Waals surface area contributed by atoms with Crippen LogP contribution in [-0.2, 0) is 11.2 Å². The van der Waals surface area contributed by atoms with Crippen molar-refractivity contribution in [1.29, 1.82) is 0 Å². The van der Waals surface area contributed by atoms with Gasteiger partial charge in [-0.25, -0.2) is 13.2 Å². The molecule has 0 aliphatic carbocycles. The molecule has 21 heavy (non-hydrogen) atoms. The van der Waals surface area contributed by atoms with Crippen LogP contribution in [0, 0.1) is 12.7 Å². The molecule has 0 saturated heterocycles. The highest BCUT2D eigenvalue weighted by Crippen LogP contribution is 2.23. The van der Waals surface area contributed by atoms with Gasteiger partial charge in [-0.15, -0.1) is 0 Å². The minimum Gasteiger partial charge on any atom is -0.373 e. The van der Waals surface area contributed by atoms with E-state index < -0.39 is 25.0 Å². The maximum absolute atomic E-state index is 13.0. The van der Waals surface area contributed by atoms with E-state index in [2.05, 4.69) is 10.2 Å². The van der Waals surface area contributed by atoms with Crippen LogP contribution in [0.2, 0.25) is 0 Å². The van der Waals surface area contributed by atoms with Gasteiger partial charge in [-0.2, -0.15) is 8.78 Å². The lowest BCUT2D eigenvalue weighted by atomic mass is 10.0. The first-order chi connectivity index (χ1) is 9.76. The van der Waals surface area contributed by atoms with Crippen LogP contribution in [0.25, 0.3) is 0 Å². The molecule has 0 spiro atoms. The number of hydrogen-bond donors (Lipinski definition) is 2. The SMILES string of the molecule is Cc1cc(F)ccc1CC(COCC(F)(F)C(F)F)NN. The molecule has 0 radical (unpaired) electrons. The second kappa shape index (κ2) is 7.67. The highest BCUT2D eigenvalue weighted by atomic mass is 19.3. The summed E-state index contributed by atoms with van der Waals surface area (Å²) >= 11 is 0. The average Bonchev–Trinajstić information content (AvgIpc) is 2.39. The van der Waals surface area contributed by atoms with Gasteiger partial charge in [0.15, 0.2) is 0 Å². The van der Waals surface area contributed by atoms with Crippen molar-refractivity contribution in [3.05, 3.63) is 35.1 Å². The van der Waals surface area contributed by atoms with Gasteiger partial charge in [-0.1, -0.05) is 6.07 Å². The number of hydrogen-bond acceptors (Lipinski definition) is 3. The molecule has 1 atom stereocenters. The third kappa shape index (κ3) is 5.56. The van der Waals surface area contributed by atoms with Crippen molar-refractivity contribution >= 4 is 0 Å². The van der Waals surface area contributed by atoms with E-state index in [0.29, 0.717) is 12.0 Å². The summed E-state index contributed by atoms with van der Waals surface area (Å²) in [4.78, 5) is 0. The fourth-order valence-corrected chi connectivity index (χ4v) is 1.72. The lowest BCUT2D eigenvalue weighted by Crippen LogP contribution is -2.42. The minimum absolute atomic E-state index is 0.268. The molecular formula is C13H17F5N2O. The van der Waals surface area contributed by atoms with E-state index in [9.17, 15) is 22.0 Å². The highest BCUT2D eigenvalue weighted by Gasteiger charge is 2.41. The fraction of sp³-hybridized carbons (Fsp3) is 0.538. The van der Waals surface area contributed by atoms with Crippen LogP contribution >= 0.6 is 0 Å². The molecule has 120 valence electrons. The number of alkyl halides is 4. The molecule has 1 aromatic rings. The van der Waals surface area contributed by atoms with Gasteiger partial charge in [0.25, 0.3) is 0 Å². The van der Waals surface area contributed by atoms with Crippen molar-refractivity contribution in [2.75, 3.05) is 13.2 Å². The van der Waals surface area contributed by atoms with Gasteiger partial charge in [0.1, 0.15) is 12.4 Å². The lowest BCUT2D eigenvalue weighted by Gasteiger charge is -2.20. The summed E-state index contributed by atoms with van der Waals surface area (Å²) in [5, 5.41) is 0. The second-order valence-electron chi connectivity index (χ2n) is 4.72. The summed E-state index contributed by atoms with van der Waals surface area (Å²) in [6.45, 7) is 0.0403. The number of nitrogens with one attached hydrogen (secondary N) is 1. The predicted octanol–water partition coefficient (Wildman–Crippen LogP) is 2.43. The van der Waals surface area contributed by atoms with Crippen molar-refractivity contribution in [2.24, 2.45) is 5.84 Å². The summed E-state index contributed by atoms with van der Waals surface area (Å²) in [7, 11) is 0. The van der Waals surface area contributed by atoms with Crippen molar-refractivity contribution in [2.45, 2.75) is 31.7 Å². The van der Waals surface area contributed by atoms with Crippen LogP contribution < -0.4 is 11.3 Å². The van der Waals surface area contributed by atoms with Crippen LogP contribution in [0.1, 0.15) is 11.1 Å². The van der Waals surface area contributed by atoms with Crippen LogP contribution in [0.15, 0.2) is 18.2 Å². The standard InChI is InChI=1S/C13H17F5N2O/c1-8-4-10(14)3-2-9(8)5-11(20-19)6-21-7-13(17,18)12(15)16/h2-4,11-12,20H,5-7,19H2,1H3. The number of benzene rings is 1. The van der Waals surface area contributed by atoms with Gasteiger partial charge in [-0.3, -0.25) is 11.3 Å². The second-order valence-corrected chi connectivity index (χ2v) is 4.72. The van der Waals surface area contributed by atoms with E-state index >= 15 is 0 Å². The maximum atomic E-state index is 13.0. The average molecular weight is 312 g/mol. The molecule has 0 aromatic heterocycles. The van der Waals surface area contributed by atoms with Crippen molar-refractivity contribution in [3.8, 4) is 0 Å². The van der Waals surface area contributed by atoms with Gasteiger partial charge in [0.2, 0.25) is 0 Å². The number of hydrazine groups is 1. The molecule has 0 amide bonds. The van der Waals surface area contributed by atoms with E-state index in [-0.39, 0.29) is 12.4 Å². The molecule has 0 bridgehead atoms. The Labute approximate surface area is 119 Å². The van der Waals surface area contributed by atoms with Crippen LogP contribution in [0.3, 0.4) is 0 Å². The Bertz CT molecular complexity index is 456. The van der Waals surface area contributed by atoms with Crippen molar-refractivity contribution in [1.82, 2.24) is 5.43 Å². The topological polar surface area (TPSA) is 47.3 Å². The Morgan fingerprint density at radius 3 is 2.52 bits per heavy atom. The largest absolute Gasteiger partial charge is 0.373 e.